The van der Waals surface area contributed by atoms with E-state index in [2.05, 4.69) is 17.4 Å². The van der Waals surface area contributed by atoms with Crippen molar-refractivity contribution in [1.82, 2.24) is 0 Å². The molecule has 4 rings (SSSR count). The number of rotatable bonds is 5. The number of benzene rings is 3. The highest BCUT2D eigenvalue weighted by Crippen LogP contribution is 2.37. The average Bonchev–Trinajstić information content (AvgIpc) is 3.14. The minimum Gasteiger partial charge on any atom is -0.493 e. The molecule has 1 aliphatic heterocycles. The molecule has 0 saturated carbocycles. The number of nitrogens with one attached hydrogen (secondary N) is 1. The van der Waals surface area contributed by atoms with Gasteiger partial charge in [-0.2, -0.15) is 0 Å². The molecule has 0 unspecified atom stereocenters. The Kier molecular flexibility index (Phi) is 5.03. The van der Waals surface area contributed by atoms with Gasteiger partial charge in [0.05, 0.1) is 12.4 Å². The number of carbonyl (C=O) groups excluding carboxylic acids is 1. The molecule has 0 aromatic heterocycles. The van der Waals surface area contributed by atoms with E-state index in [1.54, 1.807) is 18.9 Å². The summed E-state index contributed by atoms with van der Waals surface area (Å²) >= 11 is 1.62. The maximum absolute atomic E-state index is 12.6. The van der Waals surface area contributed by atoms with Gasteiger partial charge in [0.1, 0.15) is 5.75 Å². The number of hydrogen-bond acceptors (Lipinski definition) is 4. The first-order chi connectivity index (χ1) is 13.2. The van der Waals surface area contributed by atoms with E-state index < -0.39 is 0 Å². The lowest BCUT2D eigenvalue weighted by Crippen LogP contribution is -2.24. The lowest BCUT2D eigenvalue weighted by Gasteiger charge is -2.12. The van der Waals surface area contributed by atoms with Gasteiger partial charge in [0.15, 0.2) is 11.5 Å². The van der Waals surface area contributed by atoms with E-state index in [9.17, 15) is 4.79 Å². The number of carbonyl (C=O) groups is 1. The van der Waals surface area contributed by atoms with E-state index in [0.29, 0.717) is 17.2 Å². The molecule has 27 heavy (non-hydrogen) atoms. The number of methoxy groups -OCH3 is 1. The van der Waals surface area contributed by atoms with Crippen LogP contribution in [0.1, 0.15) is 5.56 Å². The molecule has 3 aromatic carbocycles. The van der Waals surface area contributed by atoms with Crippen molar-refractivity contribution in [2.45, 2.75) is 16.6 Å². The quantitative estimate of drug-likeness (QED) is 0.669. The van der Waals surface area contributed by atoms with Crippen molar-refractivity contribution in [3.8, 4) is 17.2 Å². The molecule has 0 bridgehead atoms. The molecule has 0 spiro atoms. The Labute approximate surface area is 162 Å². The van der Waals surface area contributed by atoms with Gasteiger partial charge in [-0.15, -0.1) is 11.8 Å². The second kappa shape index (κ2) is 7.76. The molecule has 0 aliphatic carbocycles. The Morgan fingerprint density at radius 2 is 1.67 bits per heavy atom. The summed E-state index contributed by atoms with van der Waals surface area (Å²) in [4.78, 5) is 13.8. The average molecular weight is 377 g/mol. The lowest BCUT2D eigenvalue weighted by molar-refractivity contribution is -0.115. The minimum atomic E-state index is -0.0908. The zero-order chi connectivity index (χ0) is 18.6. The summed E-state index contributed by atoms with van der Waals surface area (Å²) in [5.74, 6) is 2.03. The summed E-state index contributed by atoms with van der Waals surface area (Å²) in [7, 11) is 1.61. The van der Waals surface area contributed by atoms with Crippen LogP contribution in [-0.4, -0.2) is 18.3 Å². The fourth-order valence-electron chi connectivity index (χ4n) is 2.99. The number of ether oxygens (including phenoxy) is 2. The second-order valence-electron chi connectivity index (χ2n) is 6.18. The minimum absolute atomic E-state index is 0.0228. The first-order valence-electron chi connectivity index (χ1n) is 8.69. The predicted octanol–water partition coefficient (Wildman–Crippen LogP) is 5.14. The van der Waals surface area contributed by atoms with E-state index >= 15 is 0 Å². The van der Waals surface area contributed by atoms with Gasteiger partial charge >= 0.3 is 0 Å². The van der Waals surface area contributed by atoms with E-state index in [1.165, 1.54) is 10.5 Å². The standard InChI is InChI=1S/C22H19NO3S/c1-25-18-7-3-4-8-19(18)26-17-12-10-16(11-13-17)23-22(24)21-14-15-6-2-5-9-20(15)27-21/h2-13,21H,14H2,1H3,(H,23,24)/t21-/m1/s1. The molecular formula is C22H19NO3S. The van der Waals surface area contributed by atoms with Crippen molar-refractivity contribution in [1.29, 1.82) is 0 Å². The Bertz CT molecular complexity index is 931. The van der Waals surface area contributed by atoms with Crippen LogP contribution in [0, 0.1) is 0 Å². The van der Waals surface area contributed by atoms with Crippen LogP contribution in [-0.2, 0) is 11.2 Å². The van der Waals surface area contributed by atoms with Crippen LogP contribution in [0.4, 0.5) is 5.69 Å². The summed E-state index contributed by atoms with van der Waals surface area (Å²) in [6, 6.07) is 23.0. The number of anilines is 1. The fraction of sp³-hybridized carbons (Fsp3) is 0.136. The van der Waals surface area contributed by atoms with Gasteiger partial charge in [0.25, 0.3) is 0 Å². The summed E-state index contributed by atoms with van der Waals surface area (Å²) < 4.78 is 11.2. The molecule has 3 aromatic rings. The van der Waals surface area contributed by atoms with Crippen LogP contribution in [0.15, 0.2) is 77.7 Å². The lowest BCUT2D eigenvalue weighted by atomic mass is 10.1. The molecule has 5 heteroatoms. The normalized spacial score (nSPS) is 15.1. The maximum Gasteiger partial charge on any atom is 0.238 e. The fourth-order valence-corrected chi connectivity index (χ4v) is 4.18. The van der Waals surface area contributed by atoms with Crippen LogP contribution in [0.25, 0.3) is 0 Å². The van der Waals surface area contributed by atoms with Gasteiger partial charge in [-0.1, -0.05) is 30.3 Å². The molecule has 1 atom stereocenters. The van der Waals surface area contributed by atoms with Gasteiger partial charge in [-0.05, 0) is 54.4 Å². The van der Waals surface area contributed by atoms with Gasteiger partial charge in [-0.25, -0.2) is 0 Å². The first-order valence-corrected chi connectivity index (χ1v) is 9.57. The maximum atomic E-state index is 12.6. The second-order valence-corrected chi connectivity index (χ2v) is 7.43. The number of thioether (sulfide) groups is 1. The van der Waals surface area contributed by atoms with E-state index in [0.717, 1.165) is 12.1 Å². The Morgan fingerprint density at radius 3 is 2.41 bits per heavy atom. The molecule has 0 saturated heterocycles. The Hall–Kier alpha value is -2.92. The molecule has 1 aliphatic rings. The van der Waals surface area contributed by atoms with Crippen LogP contribution in [0.3, 0.4) is 0 Å². The SMILES string of the molecule is COc1ccccc1Oc1ccc(NC(=O)[C@H]2Cc3ccccc3S2)cc1. The molecule has 0 fully saturated rings. The molecular weight excluding hydrogens is 358 g/mol. The van der Waals surface area contributed by atoms with Gasteiger partial charge in [0, 0.05) is 10.6 Å². The number of hydrogen-bond donors (Lipinski definition) is 1. The van der Waals surface area contributed by atoms with Crippen molar-refractivity contribution in [2.24, 2.45) is 0 Å². The summed E-state index contributed by atoms with van der Waals surface area (Å²) in [5.41, 5.74) is 1.99. The zero-order valence-corrected chi connectivity index (χ0v) is 15.7. The number of fused-ring (bicyclic) bond motifs is 1. The predicted molar refractivity (Wildman–Crippen MR) is 108 cm³/mol. The Morgan fingerprint density at radius 1 is 0.963 bits per heavy atom. The zero-order valence-electron chi connectivity index (χ0n) is 14.8. The third kappa shape index (κ3) is 3.93. The summed E-state index contributed by atoms with van der Waals surface area (Å²) in [5, 5.41) is 2.90. The third-order valence-electron chi connectivity index (χ3n) is 4.36. The van der Waals surface area contributed by atoms with Crippen LogP contribution in [0.2, 0.25) is 0 Å². The largest absolute Gasteiger partial charge is 0.493 e. The molecule has 1 amide bonds. The Balaban J connectivity index is 1.39. The molecule has 136 valence electrons. The number of para-hydroxylation sites is 2. The van der Waals surface area contributed by atoms with Crippen LogP contribution >= 0.6 is 11.8 Å². The van der Waals surface area contributed by atoms with Crippen molar-refractivity contribution < 1.29 is 14.3 Å². The first kappa shape index (κ1) is 17.5. The van der Waals surface area contributed by atoms with E-state index in [1.807, 2.05) is 60.7 Å². The highest BCUT2D eigenvalue weighted by molar-refractivity contribution is 8.01. The van der Waals surface area contributed by atoms with Crippen molar-refractivity contribution in [3.05, 3.63) is 78.4 Å². The van der Waals surface area contributed by atoms with Crippen LogP contribution < -0.4 is 14.8 Å². The monoisotopic (exact) mass is 377 g/mol. The molecule has 4 nitrogen and oxygen atoms in total. The van der Waals surface area contributed by atoms with Gasteiger partial charge < -0.3 is 14.8 Å². The summed E-state index contributed by atoms with van der Waals surface area (Å²) in [6.07, 6.45) is 0.766. The topological polar surface area (TPSA) is 47.6 Å². The van der Waals surface area contributed by atoms with Gasteiger partial charge in [-0.3, -0.25) is 4.79 Å². The van der Waals surface area contributed by atoms with E-state index in [4.69, 9.17) is 9.47 Å². The van der Waals surface area contributed by atoms with Crippen molar-refractivity contribution in [3.63, 3.8) is 0 Å². The van der Waals surface area contributed by atoms with E-state index in [-0.39, 0.29) is 11.2 Å². The van der Waals surface area contributed by atoms with Crippen molar-refractivity contribution >= 4 is 23.4 Å². The smallest absolute Gasteiger partial charge is 0.238 e. The molecule has 1 N–H and O–H groups in total. The molecule has 0 radical (unpaired) electrons. The van der Waals surface area contributed by atoms with Crippen LogP contribution in [0.5, 0.6) is 17.2 Å². The highest BCUT2D eigenvalue weighted by Gasteiger charge is 2.27. The molecule has 1 heterocycles. The third-order valence-corrected chi connectivity index (χ3v) is 5.68. The highest BCUT2D eigenvalue weighted by atomic mass is 32.2. The van der Waals surface area contributed by atoms with Gasteiger partial charge in [0.2, 0.25) is 5.91 Å². The van der Waals surface area contributed by atoms with Crippen molar-refractivity contribution in [2.75, 3.05) is 12.4 Å². The summed E-state index contributed by atoms with van der Waals surface area (Å²) in [6.45, 7) is 0. The number of amides is 1.